The topological polar surface area (TPSA) is 52.1 Å². The van der Waals surface area contributed by atoms with Gasteiger partial charge in [0, 0.05) is 45.3 Å². The highest BCUT2D eigenvalue weighted by Crippen LogP contribution is 2.26. The van der Waals surface area contributed by atoms with Crippen LogP contribution in [-0.4, -0.2) is 75.4 Å². The lowest BCUT2D eigenvalue weighted by atomic mass is 10.2. The molecule has 2 N–H and O–H groups in total. The molecule has 3 aliphatic heterocycles. The van der Waals surface area contributed by atoms with Crippen LogP contribution in [0.4, 0.5) is 14.5 Å². The van der Waals surface area contributed by atoms with Crippen molar-refractivity contribution < 1.29 is 13.5 Å². The SMILES string of the molecule is CN=C(NCC1CN2CCCC2CO1)NC1CCN(c2c(F)cccc2F)C1.I. The maximum atomic E-state index is 14.0. The first-order valence-electron chi connectivity index (χ1n) is 10.2. The fraction of sp³-hybridized carbons (Fsp3) is 0.650. The number of aliphatic imine (C=N–C) groups is 1. The Morgan fingerprint density at radius 1 is 1.21 bits per heavy atom. The molecular formula is C20H30F2IN5O. The number of fused-ring (bicyclic) bond motifs is 1. The number of anilines is 1. The zero-order valence-electron chi connectivity index (χ0n) is 16.7. The molecule has 3 fully saturated rings. The predicted molar refractivity (Wildman–Crippen MR) is 121 cm³/mol. The molecule has 1 aromatic rings. The second-order valence-electron chi connectivity index (χ2n) is 7.85. The van der Waals surface area contributed by atoms with Gasteiger partial charge in [-0.1, -0.05) is 6.07 Å². The lowest BCUT2D eigenvalue weighted by molar-refractivity contribution is -0.0453. The van der Waals surface area contributed by atoms with Crippen LogP contribution < -0.4 is 15.5 Å². The molecule has 0 aliphatic carbocycles. The Morgan fingerprint density at radius 2 is 2.00 bits per heavy atom. The Kier molecular flexibility index (Phi) is 7.92. The van der Waals surface area contributed by atoms with E-state index in [0.717, 1.165) is 19.6 Å². The van der Waals surface area contributed by atoms with Crippen LogP contribution in [0.2, 0.25) is 0 Å². The number of halogens is 3. The minimum Gasteiger partial charge on any atom is -0.373 e. The molecule has 0 radical (unpaired) electrons. The van der Waals surface area contributed by atoms with E-state index < -0.39 is 11.6 Å². The predicted octanol–water partition coefficient (Wildman–Crippen LogP) is 2.19. The van der Waals surface area contributed by atoms with Gasteiger partial charge >= 0.3 is 0 Å². The fourth-order valence-corrected chi connectivity index (χ4v) is 4.48. The summed E-state index contributed by atoms with van der Waals surface area (Å²) in [5.41, 5.74) is 0.0607. The Hall–Kier alpha value is -1.20. The average Bonchev–Trinajstić information content (AvgIpc) is 3.34. The van der Waals surface area contributed by atoms with Crippen LogP contribution in [0.1, 0.15) is 19.3 Å². The lowest BCUT2D eigenvalue weighted by Crippen LogP contribution is -2.52. The molecule has 0 spiro atoms. The van der Waals surface area contributed by atoms with E-state index in [1.54, 1.807) is 11.9 Å². The van der Waals surface area contributed by atoms with Crippen LogP contribution in [0.3, 0.4) is 0 Å². The summed E-state index contributed by atoms with van der Waals surface area (Å²) in [5, 5.41) is 6.72. The van der Waals surface area contributed by atoms with Crippen molar-refractivity contribution in [3.63, 3.8) is 0 Å². The Balaban J connectivity index is 0.00000240. The summed E-state index contributed by atoms with van der Waals surface area (Å²) in [6, 6.07) is 4.67. The number of para-hydroxylation sites is 1. The van der Waals surface area contributed by atoms with E-state index >= 15 is 0 Å². The number of morpholine rings is 1. The lowest BCUT2D eigenvalue weighted by Gasteiger charge is -2.35. The molecule has 0 amide bonds. The van der Waals surface area contributed by atoms with Crippen molar-refractivity contribution in [1.29, 1.82) is 0 Å². The van der Waals surface area contributed by atoms with Gasteiger partial charge in [0.2, 0.25) is 0 Å². The first-order valence-corrected chi connectivity index (χ1v) is 10.2. The van der Waals surface area contributed by atoms with Crippen molar-refractivity contribution in [3.05, 3.63) is 29.8 Å². The van der Waals surface area contributed by atoms with E-state index in [1.165, 1.54) is 37.6 Å². The molecule has 9 heteroatoms. The van der Waals surface area contributed by atoms with E-state index in [-0.39, 0.29) is 41.8 Å². The number of rotatable bonds is 4. The molecule has 0 saturated carbocycles. The first kappa shape index (κ1) is 22.5. The minimum absolute atomic E-state index is 0. The van der Waals surface area contributed by atoms with Gasteiger partial charge in [-0.05, 0) is 37.9 Å². The number of hydrogen-bond acceptors (Lipinski definition) is 4. The molecule has 3 atom stereocenters. The highest BCUT2D eigenvalue weighted by molar-refractivity contribution is 14.0. The molecule has 0 aromatic heterocycles. The van der Waals surface area contributed by atoms with Gasteiger partial charge in [0.05, 0.1) is 12.7 Å². The Labute approximate surface area is 188 Å². The molecule has 6 nitrogen and oxygen atoms in total. The van der Waals surface area contributed by atoms with E-state index in [9.17, 15) is 8.78 Å². The maximum absolute atomic E-state index is 14.0. The minimum atomic E-state index is -0.516. The third-order valence-electron chi connectivity index (χ3n) is 5.97. The van der Waals surface area contributed by atoms with Crippen molar-refractivity contribution in [2.45, 2.75) is 37.5 Å². The molecule has 162 valence electrons. The maximum Gasteiger partial charge on any atom is 0.191 e. The number of nitrogens with one attached hydrogen (secondary N) is 2. The highest BCUT2D eigenvalue weighted by atomic mass is 127. The third kappa shape index (κ3) is 5.29. The fourth-order valence-electron chi connectivity index (χ4n) is 4.48. The molecule has 0 bridgehead atoms. The van der Waals surface area contributed by atoms with Gasteiger partial charge in [-0.25, -0.2) is 8.78 Å². The van der Waals surface area contributed by atoms with Crippen molar-refractivity contribution >= 4 is 35.6 Å². The van der Waals surface area contributed by atoms with Gasteiger partial charge in [0.1, 0.15) is 17.3 Å². The van der Waals surface area contributed by atoms with Crippen LogP contribution in [-0.2, 0) is 4.74 Å². The second-order valence-corrected chi connectivity index (χ2v) is 7.85. The zero-order valence-corrected chi connectivity index (χ0v) is 19.1. The molecular weight excluding hydrogens is 491 g/mol. The zero-order chi connectivity index (χ0) is 19.5. The quantitative estimate of drug-likeness (QED) is 0.362. The van der Waals surface area contributed by atoms with Gasteiger partial charge in [0.25, 0.3) is 0 Å². The van der Waals surface area contributed by atoms with Gasteiger partial charge in [-0.15, -0.1) is 24.0 Å². The average molecular weight is 521 g/mol. The van der Waals surface area contributed by atoms with Crippen molar-refractivity contribution in [1.82, 2.24) is 15.5 Å². The largest absolute Gasteiger partial charge is 0.373 e. The normalized spacial score (nSPS) is 27.5. The van der Waals surface area contributed by atoms with E-state index in [4.69, 9.17) is 4.74 Å². The van der Waals surface area contributed by atoms with Crippen molar-refractivity contribution in [2.24, 2.45) is 4.99 Å². The number of hydrogen-bond donors (Lipinski definition) is 2. The summed E-state index contributed by atoms with van der Waals surface area (Å²) in [4.78, 5) is 8.57. The van der Waals surface area contributed by atoms with Crippen molar-refractivity contribution in [3.8, 4) is 0 Å². The summed E-state index contributed by atoms with van der Waals surface area (Å²) in [6.45, 7) is 4.77. The summed E-state index contributed by atoms with van der Waals surface area (Å²) in [7, 11) is 1.73. The monoisotopic (exact) mass is 521 g/mol. The van der Waals surface area contributed by atoms with Gasteiger partial charge in [-0.3, -0.25) is 9.89 Å². The van der Waals surface area contributed by atoms with Gasteiger partial charge < -0.3 is 20.3 Å². The second kappa shape index (κ2) is 10.2. The number of nitrogens with zero attached hydrogens (tertiary/aromatic N) is 3. The molecule has 4 rings (SSSR count). The van der Waals surface area contributed by atoms with Crippen LogP contribution in [0.25, 0.3) is 0 Å². The number of benzene rings is 1. The molecule has 3 unspecified atom stereocenters. The Morgan fingerprint density at radius 3 is 2.76 bits per heavy atom. The third-order valence-corrected chi connectivity index (χ3v) is 5.97. The van der Waals surface area contributed by atoms with Crippen LogP contribution >= 0.6 is 24.0 Å². The van der Waals surface area contributed by atoms with Crippen LogP contribution in [0.5, 0.6) is 0 Å². The van der Waals surface area contributed by atoms with Gasteiger partial charge in [-0.2, -0.15) is 0 Å². The van der Waals surface area contributed by atoms with Crippen LogP contribution in [0.15, 0.2) is 23.2 Å². The smallest absolute Gasteiger partial charge is 0.191 e. The molecule has 1 aromatic carbocycles. The molecule has 29 heavy (non-hydrogen) atoms. The summed E-state index contributed by atoms with van der Waals surface area (Å²) >= 11 is 0. The van der Waals surface area contributed by atoms with Gasteiger partial charge in [0.15, 0.2) is 5.96 Å². The number of guanidine groups is 1. The van der Waals surface area contributed by atoms with E-state index in [2.05, 4.69) is 20.5 Å². The first-order chi connectivity index (χ1) is 13.6. The molecule has 3 saturated heterocycles. The summed E-state index contributed by atoms with van der Waals surface area (Å²) < 4.78 is 34.0. The van der Waals surface area contributed by atoms with Crippen LogP contribution in [0, 0.1) is 11.6 Å². The highest BCUT2D eigenvalue weighted by Gasteiger charge is 2.32. The summed E-state index contributed by atoms with van der Waals surface area (Å²) in [5.74, 6) is -0.330. The molecule has 3 aliphatic rings. The van der Waals surface area contributed by atoms with E-state index in [0.29, 0.717) is 31.6 Å². The van der Waals surface area contributed by atoms with E-state index in [1.807, 2.05) is 0 Å². The van der Waals surface area contributed by atoms with Crippen molar-refractivity contribution in [2.75, 3.05) is 51.3 Å². The summed E-state index contributed by atoms with van der Waals surface area (Å²) in [6.07, 6.45) is 3.45. The standard InChI is InChI=1S/C20H29F2N5O.HI/c1-23-20(24-10-16-12-26-8-3-4-15(26)13-28-16)25-14-7-9-27(11-14)19-17(21)5-2-6-18(19)22;/h2,5-6,14-16H,3-4,7-13H2,1H3,(H2,23,24,25);1H. The number of ether oxygens (including phenoxy) is 1. The Bertz CT molecular complexity index is 702. The molecule has 3 heterocycles.